The number of nitrogens with zero attached hydrogens (tertiary/aromatic N) is 2. The van der Waals surface area contributed by atoms with E-state index in [-0.39, 0.29) is 11.8 Å². The molecule has 0 aliphatic carbocycles. The summed E-state index contributed by atoms with van der Waals surface area (Å²) in [4.78, 5) is 14.0. The van der Waals surface area contributed by atoms with Crippen LogP contribution in [-0.4, -0.2) is 30.4 Å². The third-order valence-corrected chi connectivity index (χ3v) is 3.52. The summed E-state index contributed by atoms with van der Waals surface area (Å²) in [7, 11) is 0. The summed E-state index contributed by atoms with van der Waals surface area (Å²) in [5, 5.41) is 11.7. The van der Waals surface area contributed by atoms with Crippen LogP contribution in [0.3, 0.4) is 0 Å². The van der Waals surface area contributed by atoms with E-state index in [0.29, 0.717) is 13.1 Å². The monoisotopic (exact) mass is 337 g/mol. The van der Waals surface area contributed by atoms with Crippen LogP contribution in [0.15, 0.2) is 22.7 Å². The molecule has 1 rings (SSSR count). The van der Waals surface area contributed by atoms with Crippen LogP contribution in [0, 0.1) is 24.2 Å². The standard InChI is InChI=1S/C15H20BrN3O/c1-4-19(9-11(2)8-17)10-15(20)18-14-6-5-13(16)7-12(14)3/h5-7,11H,4,9-10H2,1-3H3,(H,18,20)/t11-/m0/s1. The van der Waals surface area contributed by atoms with Gasteiger partial charge in [0, 0.05) is 16.7 Å². The summed E-state index contributed by atoms with van der Waals surface area (Å²) in [6.07, 6.45) is 0. The molecule has 5 heteroatoms. The van der Waals surface area contributed by atoms with Gasteiger partial charge in [-0.2, -0.15) is 5.26 Å². The Labute approximate surface area is 128 Å². The lowest BCUT2D eigenvalue weighted by Gasteiger charge is -2.21. The van der Waals surface area contributed by atoms with E-state index in [1.54, 1.807) is 0 Å². The van der Waals surface area contributed by atoms with Gasteiger partial charge >= 0.3 is 0 Å². The quantitative estimate of drug-likeness (QED) is 0.867. The molecule has 1 atom stereocenters. The summed E-state index contributed by atoms with van der Waals surface area (Å²) in [5.41, 5.74) is 1.84. The molecule has 1 aromatic carbocycles. The van der Waals surface area contributed by atoms with E-state index in [1.807, 2.05) is 43.9 Å². The van der Waals surface area contributed by atoms with Crippen molar-refractivity contribution in [2.24, 2.45) is 5.92 Å². The molecule has 0 aliphatic rings. The maximum atomic E-state index is 12.0. The van der Waals surface area contributed by atoms with E-state index in [9.17, 15) is 4.79 Å². The molecule has 0 saturated heterocycles. The first-order valence-electron chi connectivity index (χ1n) is 6.64. The third-order valence-electron chi connectivity index (χ3n) is 3.03. The molecule has 1 amide bonds. The lowest BCUT2D eigenvalue weighted by atomic mass is 10.2. The number of nitriles is 1. The van der Waals surface area contributed by atoms with E-state index in [4.69, 9.17) is 5.26 Å². The zero-order valence-electron chi connectivity index (χ0n) is 12.1. The molecule has 0 saturated carbocycles. The van der Waals surface area contributed by atoms with Crippen molar-refractivity contribution in [3.63, 3.8) is 0 Å². The lowest BCUT2D eigenvalue weighted by molar-refractivity contribution is -0.117. The Morgan fingerprint density at radius 1 is 1.55 bits per heavy atom. The first kappa shape index (κ1) is 16.7. The van der Waals surface area contributed by atoms with Crippen molar-refractivity contribution >= 4 is 27.5 Å². The number of carbonyl (C=O) groups is 1. The molecule has 20 heavy (non-hydrogen) atoms. The molecule has 0 fully saturated rings. The minimum Gasteiger partial charge on any atom is -0.325 e. The maximum Gasteiger partial charge on any atom is 0.238 e. The van der Waals surface area contributed by atoms with Gasteiger partial charge in [0.1, 0.15) is 0 Å². The van der Waals surface area contributed by atoms with Gasteiger partial charge in [0.2, 0.25) is 5.91 Å². The number of hydrogen-bond acceptors (Lipinski definition) is 3. The number of nitrogens with one attached hydrogen (secondary N) is 1. The van der Waals surface area contributed by atoms with Gasteiger partial charge in [-0.25, -0.2) is 0 Å². The first-order valence-corrected chi connectivity index (χ1v) is 7.43. The molecule has 0 bridgehead atoms. The van der Waals surface area contributed by atoms with E-state index < -0.39 is 0 Å². The highest BCUT2D eigenvalue weighted by molar-refractivity contribution is 9.10. The molecule has 0 spiro atoms. The lowest BCUT2D eigenvalue weighted by Crippen LogP contribution is -2.35. The number of aryl methyl sites for hydroxylation is 1. The number of likely N-dealkylation sites (N-methyl/N-ethyl adjacent to an activating group) is 1. The highest BCUT2D eigenvalue weighted by Crippen LogP contribution is 2.19. The summed E-state index contributed by atoms with van der Waals surface area (Å²) in [5.74, 6) is -0.125. The summed E-state index contributed by atoms with van der Waals surface area (Å²) >= 11 is 3.40. The van der Waals surface area contributed by atoms with Crippen molar-refractivity contribution in [3.8, 4) is 6.07 Å². The zero-order chi connectivity index (χ0) is 15.1. The first-order chi connectivity index (χ1) is 9.46. The average Bonchev–Trinajstić information content (AvgIpc) is 2.41. The Kier molecular flexibility index (Phi) is 6.69. The van der Waals surface area contributed by atoms with Crippen LogP contribution in [0.4, 0.5) is 5.69 Å². The molecule has 1 N–H and O–H groups in total. The Hall–Kier alpha value is -1.38. The number of hydrogen-bond donors (Lipinski definition) is 1. The molecule has 0 unspecified atom stereocenters. The number of benzene rings is 1. The van der Waals surface area contributed by atoms with Crippen LogP contribution < -0.4 is 5.32 Å². The summed E-state index contributed by atoms with van der Waals surface area (Å²) in [6.45, 7) is 7.47. The van der Waals surface area contributed by atoms with Gasteiger partial charge in [0.15, 0.2) is 0 Å². The predicted octanol–water partition coefficient (Wildman–Crippen LogP) is 3.18. The summed E-state index contributed by atoms with van der Waals surface area (Å²) < 4.78 is 0.992. The Morgan fingerprint density at radius 2 is 2.25 bits per heavy atom. The van der Waals surface area contributed by atoms with E-state index in [0.717, 1.165) is 22.3 Å². The second kappa shape index (κ2) is 8.03. The Morgan fingerprint density at radius 3 is 2.80 bits per heavy atom. The summed E-state index contributed by atoms with van der Waals surface area (Å²) in [6, 6.07) is 7.93. The van der Waals surface area contributed by atoms with Crippen molar-refractivity contribution in [1.29, 1.82) is 5.26 Å². The SMILES string of the molecule is CCN(CC(=O)Nc1ccc(Br)cc1C)C[C@@H](C)C#N. The highest BCUT2D eigenvalue weighted by Gasteiger charge is 2.13. The van der Waals surface area contributed by atoms with Crippen LogP contribution in [0.1, 0.15) is 19.4 Å². The smallest absolute Gasteiger partial charge is 0.238 e. The normalized spacial score (nSPS) is 12.0. The fourth-order valence-corrected chi connectivity index (χ4v) is 2.37. The maximum absolute atomic E-state index is 12.0. The zero-order valence-corrected chi connectivity index (χ0v) is 13.7. The Bertz CT molecular complexity index is 510. The molecule has 108 valence electrons. The molecule has 1 aromatic rings. The van der Waals surface area contributed by atoms with Crippen molar-refractivity contribution < 1.29 is 4.79 Å². The van der Waals surface area contributed by atoms with Gasteiger partial charge in [-0.15, -0.1) is 0 Å². The molecular formula is C15H20BrN3O. The fraction of sp³-hybridized carbons (Fsp3) is 0.467. The minimum absolute atomic E-state index is 0.0533. The van der Waals surface area contributed by atoms with Crippen LogP contribution >= 0.6 is 15.9 Å². The predicted molar refractivity (Wildman–Crippen MR) is 84.4 cm³/mol. The van der Waals surface area contributed by atoms with E-state index >= 15 is 0 Å². The highest BCUT2D eigenvalue weighted by atomic mass is 79.9. The van der Waals surface area contributed by atoms with E-state index in [2.05, 4.69) is 27.3 Å². The van der Waals surface area contributed by atoms with Gasteiger partial charge in [0.05, 0.1) is 18.5 Å². The van der Waals surface area contributed by atoms with Crippen LogP contribution in [0.2, 0.25) is 0 Å². The van der Waals surface area contributed by atoms with Crippen molar-refractivity contribution in [2.75, 3.05) is 25.0 Å². The molecule has 0 aliphatic heterocycles. The molecule has 4 nitrogen and oxygen atoms in total. The number of halogens is 1. The van der Waals surface area contributed by atoms with Crippen molar-refractivity contribution in [2.45, 2.75) is 20.8 Å². The molecule has 0 aromatic heterocycles. The number of rotatable bonds is 6. The van der Waals surface area contributed by atoms with Gasteiger partial charge in [0.25, 0.3) is 0 Å². The minimum atomic E-state index is -0.0721. The molecule has 0 heterocycles. The second-order valence-corrected chi connectivity index (χ2v) is 5.78. The fourth-order valence-electron chi connectivity index (χ4n) is 1.89. The van der Waals surface area contributed by atoms with Crippen LogP contribution in [0.25, 0.3) is 0 Å². The third kappa shape index (κ3) is 5.32. The van der Waals surface area contributed by atoms with E-state index in [1.165, 1.54) is 0 Å². The number of anilines is 1. The Balaban J connectivity index is 2.60. The van der Waals surface area contributed by atoms with Gasteiger partial charge in [-0.1, -0.05) is 22.9 Å². The number of amides is 1. The van der Waals surface area contributed by atoms with Crippen molar-refractivity contribution in [3.05, 3.63) is 28.2 Å². The van der Waals surface area contributed by atoms with Gasteiger partial charge < -0.3 is 5.32 Å². The molecular weight excluding hydrogens is 318 g/mol. The average molecular weight is 338 g/mol. The largest absolute Gasteiger partial charge is 0.325 e. The van der Waals surface area contributed by atoms with Gasteiger partial charge in [-0.05, 0) is 44.2 Å². The van der Waals surface area contributed by atoms with Gasteiger partial charge in [-0.3, -0.25) is 9.69 Å². The van der Waals surface area contributed by atoms with Crippen LogP contribution in [0.5, 0.6) is 0 Å². The topological polar surface area (TPSA) is 56.1 Å². The van der Waals surface area contributed by atoms with Crippen LogP contribution in [-0.2, 0) is 4.79 Å². The van der Waals surface area contributed by atoms with Crippen molar-refractivity contribution in [1.82, 2.24) is 4.90 Å². The second-order valence-electron chi connectivity index (χ2n) is 4.87. The number of carbonyl (C=O) groups excluding carboxylic acids is 1. The molecule has 0 radical (unpaired) electrons.